The first-order valence-corrected chi connectivity index (χ1v) is 11.0. The summed E-state index contributed by atoms with van der Waals surface area (Å²) in [5, 5.41) is 0. The van der Waals surface area contributed by atoms with E-state index in [4.69, 9.17) is 0 Å². The molecule has 0 aliphatic rings. The van der Waals surface area contributed by atoms with E-state index in [0.717, 1.165) is 5.92 Å². The second-order valence-electron chi connectivity index (χ2n) is 7.42. The van der Waals surface area contributed by atoms with Crippen LogP contribution in [-0.2, 0) is 0 Å². The van der Waals surface area contributed by atoms with Gasteiger partial charge in [-0.25, -0.2) is 0 Å². The first kappa shape index (κ1) is 22.7. The Bertz CT molecular complexity index is 228. The number of hydrogen-bond acceptors (Lipinski definition) is 0. The maximum absolute atomic E-state index is 2.52. The zero-order chi connectivity index (χ0) is 17.0. The van der Waals surface area contributed by atoms with Gasteiger partial charge in [-0.2, -0.15) is 0 Å². The maximum atomic E-state index is 2.52. The third-order valence-electron chi connectivity index (χ3n) is 5.09. The molecular formula is C23H46. The number of rotatable bonds is 18. The van der Waals surface area contributed by atoms with E-state index in [1.165, 1.54) is 109 Å². The second kappa shape index (κ2) is 19.8. The lowest BCUT2D eigenvalue weighted by atomic mass is 9.96. The molecule has 0 heteroatoms. The van der Waals surface area contributed by atoms with E-state index in [1.807, 2.05) is 0 Å². The van der Waals surface area contributed by atoms with Crippen LogP contribution in [0.2, 0.25) is 0 Å². The van der Waals surface area contributed by atoms with Gasteiger partial charge in [0.1, 0.15) is 0 Å². The summed E-state index contributed by atoms with van der Waals surface area (Å²) in [5.74, 6) is 0.843. The minimum atomic E-state index is 0.843. The SMILES string of the molecule is CCCCCCCCC=CC(CC)CCCCCCCCCC. The van der Waals surface area contributed by atoms with Crippen LogP contribution in [0.5, 0.6) is 0 Å². The van der Waals surface area contributed by atoms with E-state index in [-0.39, 0.29) is 0 Å². The highest BCUT2D eigenvalue weighted by molar-refractivity contribution is 4.87. The fourth-order valence-electron chi connectivity index (χ4n) is 3.31. The molecule has 23 heavy (non-hydrogen) atoms. The van der Waals surface area contributed by atoms with Gasteiger partial charge in [0, 0.05) is 0 Å². The van der Waals surface area contributed by atoms with Crippen LogP contribution in [0.15, 0.2) is 12.2 Å². The number of hydrogen-bond donors (Lipinski definition) is 0. The molecule has 0 aliphatic carbocycles. The third-order valence-corrected chi connectivity index (χ3v) is 5.09. The summed E-state index contributed by atoms with van der Waals surface area (Å²) in [4.78, 5) is 0. The van der Waals surface area contributed by atoms with E-state index >= 15 is 0 Å². The Kier molecular flexibility index (Phi) is 19.6. The topological polar surface area (TPSA) is 0 Å². The zero-order valence-corrected chi connectivity index (χ0v) is 16.8. The normalized spacial score (nSPS) is 13.0. The van der Waals surface area contributed by atoms with Gasteiger partial charge in [0.15, 0.2) is 0 Å². The Morgan fingerprint density at radius 2 is 1.04 bits per heavy atom. The highest BCUT2D eigenvalue weighted by Gasteiger charge is 2.01. The van der Waals surface area contributed by atoms with Crippen LogP contribution >= 0.6 is 0 Å². The van der Waals surface area contributed by atoms with Crippen molar-refractivity contribution in [2.75, 3.05) is 0 Å². The van der Waals surface area contributed by atoms with Gasteiger partial charge in [-0.05, 0) is 31.6 Å². The van der Waals surface area contributed by atoms with Gasteiger partial charge in [0.2, 0.25) is 0 Å². The monoisotopic (exact) mass is 322 g/mol. The van der Waals surface area contributed by atoms with E-state index in [2.05, 4.69) is 32.9 Å². The molecule has 0 aromatic heterocycles. The van der Waals surface area contributed by atoms with Gasteiger partial charge in [0.05, 0.1) is 0 Å². The summed E-state index contributed by atoms with van der Waals surface area (Å²) in [6.45, 7) is 6.94. The molecular weight excluding hydrogens is 276 g/mol. The first-order valence-electron chi connectivity index (χ1n) is 11.0. The van der Waals surface area contributed by atoms with Crippen molar-refractivity contribution in [3.05, 3.63) is 12.2 Å². The van der Waals surface area contributed by atoms with E-state index in [9.17, 15) is 0 Å². The summed E-state index contributed by atoms with van der Waals surface area (Å²) in [6, 6.07) is 0. The quantitative estimate of drug-likeness (QED) is 0.174. The van der Waals surface area contributed by atoms with Crippen LogP contribution in [0, 0.1) is 5.92 Å². The Morgan fingerprint density at radius 1 is 0.565 bits per heavy atom. The minimum Gasteiger partial charge on any atom is -0.0883 e. The van der Waals surface area contributed by atoms with Crippen molar-refractivity contribution in [3.8, 4) is 0 Å². The zero-order valence-electron chi connectivity index (χ0n) is 16.8. The highest BCUT2D eigenvalue weighted by atomic mass is 14.1. The molecule has 0 spiro atoms. The number of unbranched alkanes of at least 4 members (excludes halogenated alkanes) is 13. The van der Waals surface area contributed by atoms with Gasteiger partial charge < -0.3 is 0 Å². The van der Waals surface area contributed by atoms with Crippen molar-refractivity contribution in [1.82, 2.24) is 0 Å². The molecule has 0 bridgehead atoms. The second-order valence-corrected chi connectivity index (χ2v) is 7.42. The lowest BCUT2D eigenvalue weighted by Crippen LogP contribution is -1.94. The van der Waals surface area contributed by atoms with Gasteiger partial charge in [-0.3, -0.25) is 0 Å². The van der Waals surface area contributed by atoms with Crippen molar-refractivity contribution < 1.29 is 0 Å². The molecule has 0 aliphatic heterocycles. The Morgan fingerprint density at radius 3 is 1.57 bits per heavy atom. The standard InChI is InChI=1S/C23H46/c1-4-7-9-11-13-15-17-19-21-23(6-3)22-20-18-16-14-12-10-8-5-2/h19,21,23H,4-18,20,22H2,1-3H3. The van der Waals surface area contributed by atoms with Crippen LogP contribution in [0.3, 0.4) is 0 Å². The highest BCUT2D eigenvalue weighted by Crippen LogP contribution is 2.17. The smallest absolute Gasteiger partial charge is 0.0236 e. The molecule has 0 N–H and O–H groups in total. The van der Waals surface area contributed by atoms with Crippen LogP contribution in [0.25, 0.3) is 0 Å². The molecule has 1 atom stereocenters. The average Bonchev–Trinajstić information content (AvgIpc) is 2.57. The van der Waals surface area contributed by atoms with Gasteiger partial charge in [-0.1, -0.05) is 116 Å². The molecule has 0 saturated carbocycles. The fourth-order valence-corrected chi connectivity index (χ4v) is 3.31. The predicted molar refractivity (Wildman–Crippen MR) is 108 cm³/mol. The molecule has 0 radical (unpaired) electrons. The molecule has 0 rings (SSSR count). The molecule has 0 heterocycles. The third kappa shape index (κ3) is 17.9. The Hall–Kier alpha value is -0.260. The summed E-state index contributed by atoms with van der Waals surface area (Å²) < 4.78 is 0. The summed E-state index contributed by atoms with van der Waals surface area (Å²) >= 11 is 0. The molecule has 0 amide bonds. The molecule has 0 saturated heterocycles. The fraction of sp³-hybridized carbons (Fsp3) is 0.913. The molecule has 1 unspecified atom stereocenters. The van der Waals surface area contributed by atoms with Crippen molar-refractivity contribution in [1.29, 1.82) is 0 Å². The van der Waals surface area contributed by atoms with E-state index in [0.29, 0.717) is 0 Å². The maximum Gasteiger partial charge on any atom is -0.0236 e. The Labute approximate surface area is 148 Å². The average molecular weight is 323 g/mol. The lowest BCUT2D eigenvalue weighted by Gasteiger charge is -2.10. The van der Waals surface area contributed by atoms with E-state index < -0.39 is 0 Å². The lowest BCUT2D eigenvalue weighted by molar-refractivity contribution is 0.503. The largest absolute Gasteiger partial charge is 0.0883 e. The van der Waals surface area contributed by atoms with Gasteiger partial charge in [0.25, 0.3) is 0 Å². The van der Waals surface area contributed by atoms with Crippen LogP contribution < -0.4 is 0 Å². The Balaban J connectivity index is 3.42. The van der Waals surface area contributed by atoms with Gasteiger partial charge >= 0.3 is 0 Å². The molecule has 0 nitrogen and oxygen atoms in total. The van der Waals surface area contributed by atoms with Crippen molar-refractivity contribution in [2.45, 2.75) is 130 Å². The predicted octanol–water partition coefficient (Wildman–Crippen LogP) is 8.85. The van der Waals surface area contributed by atoms with Crippen molar-refractivity contribution in [3.63, 3.8) is 0 Å². The van der Waals surface area contributed by atoms with Crippen LogP contribution in [0.1, 0.15) is 130 Å². The summed E-state index contributed by atoms with van der Waals surface area (Å²) in [6.07, 6.45) is 29.1. The first-order chi connectivity index (χ1) is 11.3. The summed E-state index contributed by atoms with van der Waals surface area (Å²) in [7, 11) is 0. The number of allylic oxidation sites excluding steroid dienone is 2. The van der Waals surface area contributed by atoms with E-state index in [1.54, 1.807) is 0 Å². The molecule has 0 fully saturated rings. The molecule has 0 aromatic rings. The molecule has 138 valence electrons. The summed E-state index contributed by atoms with van der Waals surface area (Å²) in [5.41, 5.74) is 0. The van der Waals surface area contributed by atoms with Crippen LogP contribution in [-0.4, -0.2) is 0 Å². The van der Waals surface area contributed by atoms with Crippen molar-refractivity contribution >= 4 is 0 Å². The van der Waals surface area contributed by atoms with Gasteiger partial charge in [-0.15, -0.1) is 0 Å². The van der Waals surface area contributed by atoms with Crippen LogP contribution in [0.4, 0.5) is 0 Å². The van der Waals surface area contributed by atoms with Crippen molar-refractivity contribution in [2.24, 2.45) is 5.92 Å². The minimum absolute atomic E-state index is 0.843. The molecule has 0 aromatic carbocycles.